The van der Waals surface area contributed by atoms with E-state index >= 15 is 4.39 Å². The highest BCUT2D eigenvalue weighted by Gasteiger charge is 2.30. The molecule has 0 saturated heterocycles. The Morgan fingerprint density at radius 3 is 2.83 bits per heavy atom. The van der Waals surface area contributed by atoms with Crippen molar-refractivity contribution in [2.75, 3.05) is 23.1 Å². The lowest BCUT2D eigenvalue weighted by Gasteiger charge is -2.15. The SMILES string of the molecule is CC(=O)Nc1nc2c(s1)-c1c(c(-c3cccnc3)nn1-c1ccc(NC(=O)OCCCl)cc1F)CC2. The van der Waals surface area contributed by atoms with Crippen molar-refractivity contribution in [2.24, 2.45) is 0 Å². The van der Waals surface area contributed by atoms with E-state index in [1.165, 1.54) is 30.4 Å². The number of carbonyl (C=O) groups is 2. The van der Waals surface area contributed by atoms with Gasteiger partial charge in [0.25, 0.3) is 0 Å². The summed E-state index contributed by atoms with van der Waals surface area (Å²) in [6.45, 7) is 1.47. The molecule has 1 aliphatic rings. The molecule has 5 rings (SSSR count). The zero-order valence-corrected chi connectivity index (χ0v) is 20.6. The summed E-state index contributed by atoms with van der Waals surface area (Å²) in [5.74, 6) is -0.648. The zero-order valence-electron chi connectivity index (χ0n) is 19.0. The van der Waals surface area contributed by atoms with Crippen molar-refractivity contribution in [3.8, 4) is 27.5 Å². The maximum Gasteiger partial charge on any atom is 0.411 e. The molecule has 184 valence electrons. The van der Waals surface area contributed by atoms with Gasteiger partial charge in [0.15, 0.2) is 10.9 Å². The molecule has 0 aliphatic heterocycles. The number of fused-ring (bicyclic) bond motifs is 3. The average Bonchev–Trinajstić information content (AvgIpc) is 3.44. The van der Waals surface area contributed by atoms with Crippen LogP contribution in [0.25, 0.3) is 27.5 Å². The Morgan fingerprint density at radius 1 is 1.25 bits per heavy atom. The maximum atomic E-state index is 15.4. The number of hydrogen-bond acceptors (Lipinski definition) is 7. The van der Waals surface area contributed by atoms with Crippen LogP contribution in [-0.2, 0) is 22.4 Å². The second-order valence-corrected chi connectivity index (χ2v) is 9.30. The summed E-state index contributed by atoms with van der Waals surface area (Å²) < 4.78 is 21.9. The number of aryl methyl sites for hydroxylation is 1. The van der Waals surface area contributed by atoms with E-state index in [1.807, 2.05) is 12.1 Å². The summed E-state index contributed by atoms with van der Waals surface area (Å²) in [5.41, 5.74) is 4.41. The number of pyridine rings is 1. The molecule has 3 aromatic heterocycles. The van der Waals surface area contributed by atoms with Crippen molar-refractivity contribution in [1.82, 2.24) is 19.7 Å². The smallest absolute Gasteiger partial charge is 0.411 e. The first-order valence-electron chi connectivity index (χ1n) is 11.0. The average molecular weight is 527 g/mol. The van der Waals surface area contributed by atoms with Gasteiger partial charge in [0.05, 0.1) is 27.8 Å². The quantitative estimate of drug-likeness (QED) is 0.340. The second kappa shape index (κ2) is 10.0. The van der Waals surface area contributed by atoms with Crippen LogP contribution in [-0.4, -0.2) is 44.2 Å². The predicted molar refractivity (Wildman–Crippen MR) is 135 cm³/mol. The van der Waals surface area contributed by atoms with Crippen LogP contribution >= 0.6 is 22.9 Å². The Kier molecular flexibility index (Phi) is 6.66. The fraction of sp³-hybridized carbons (Fsp3) is 0.208. The molecule has 4 aromatic rings. The number of anilines is 2. The largest absolute Gasteiger partial charge is 0.448 e. The van der Waals surface area contributed by atoms with E-state index in [-0.39, 0.29) is 29.8 Å². The molecular weight excluding hydrogens is 507 g/mol. The minimum Gasteiger partial charge on any atom is -0.448 e. The third-order valence-electron chi connectivity index (χ3n) is 5.46. The molecule has 0 fully saturated rings. The molecule has 36 heavy (non-hydrogen) atoms. The predicted octanol–water partition coefficient (Wildman–Crippen LogP) is 5.04. The molecule has 1 aliphatic carbocycles. The summed E-state index contributed by atoms with van der Waals surface area (Å²) >= 11 is 6.85. The third kappa shape index (κ3) is 4.67. The highest BCUT2D eigenvalue weighted by molar-refractivity contribution is 7.19. The number of aromatic nitrogens is 4. The number of ether oxygens (including phenoxy) is 1. The highest BCUT2D eigenvalue weighted by atomic mass is 35.5. The molecule has 0 saturated carbocycles. The number of hydrogen-bond donors (Lipinski definition) is 2. The number of amides is 2. The standard InChI is InChI=1S/C24H20ClFN6O3S/c1-13(33)28-23-30-18-6-5-16-20(14-3-2-9-27-12-14)31-32(21(16)22(18)36-23)19-7-4-15(11-17(19)26)29-24(34)35-10-8-25/h2-4,7,9,11-12H,5-6,8,10H2,1H3,(H,29,34)(H,28,30,33). The van der Waals surface area contributed by atoms with Crippen molar-refractivity contribution in [2.45, 2.75) is 19.8 Å². The number of nitrogens with one attached hydrogen (secondary N) is 2. The van der Waals surface area contributed by atoms with E-state index in [2.05, 4.69) is 20.6 Å². The summed E-state index contributed by atoms with van der Waals surface area (Å²) in [7, 11) is 0. The van der Waals surface area contributed by atoms with E-state index in [1.54, 1.807) is 23.1 Å². The maximum absolute atomic E-state index is 15.4. The van der Waals surface area contributed by atoms with Crippen LogP contribution in [0.3, 0.4) is 0 Å². The van der Waals surface area contributed by atoms with E-state index in [4.69, 9.17) is 21.4 Å². The van der Waals surface area contributed by atoms with Crippen LogP contribution in [0.5, 0.6) is 0 Å². The molecule has 1 aromatic carbocycles. The fourth-order valence-corrected chi connectivity index (χ4v) is 5.22. The van der Waals surface area contributed by atoms with Crippen LogP contribution in [0.1, 0.15) is 18.2 Å². The van der Waals surface area contributed by atoms with E-state index in [0.29, 0.717) is 29.4 Å². The van der Waals surface area contributed by atoms with E-state index < -0.39 is 11.9 Å². The summed E-state index contributed by atoms with van der Waals surface area (Å²) in [4.78, 5) is 33.0. The minimum absolute atomic E-state index is 0.0438. The summed E-state index contributed by atoms with van der Waals surface area (Å²) in [6, 6.07) is 8.03. The number of benzene rings is 1. The lowest BCUT2D eigenvalue weighted by molar-refractivity contribution is -0.114. The van der Waals surface area contributed by atoms with E-state index in [0.717, 1.165) is 21.7 Å². The molecular formula is C24H20ClFN6O3S. The van der Waals surface area contributed by atoms with Gasteiger partial charge in [-0.15, -0.1) is 11.6 Å². The molecule has 0 unspecified atom stereocenters. The van der Waals surface area contributed by atoms with Gasteiger partial charge in [-0.2, -0.15) is 5.10 Å². The lowest BCUT2D eigenvalue weighted by Crippen LogP contribution is -2.15. The molecule has 0 bridgehead atoms. The first-order valence-corrected chi connectivity index (χ1v) is 12.4. The van der Waals surface area contributed by atoms with Gasteiger partial charge in [0.2, 0.25) is 5.91 Å². The first kappa shape index (κ1) is 23.9. The van der Waals surface area contributed by atoms with Gasteiger partial charge in [-0.25, -0.2) is 18.9 Å². The lowest BCUT2D eigenvalue weighted by atomic mass is 9.95. The summed E-state index contributed by atoms with van der Waals surface area (Å²) in [5, 5.41) is 10.5. The van der Waals surface area contributed by atoms with Crippen LogP contribution in [0.2, 0.25) is 0 Å². The Bertz CT molecular complexity index is 1460. The van der Waals surface area contributed by atoms with Crippen molar-refractivity contribution in [3.05, 3.63) is 59.8 Å². The van der Waals surface area contributed by atoms with Crippen LogP contribution in [0, 0.1) is 5.82 Å². The Balaban J connectivity index is 1.61. The van der Waals surface area contributed by atoms with Crippen molar-refractivity contribution >= 4 is 45.8 Å². The number of halogens is 2. The van der Waals surface area contributed by atoms with Gasteiger partial charge in [0, 0.05) is 36.1 Å². The van der Waals surface area contributed by atoms with Gasteiger partial charge >= 0.3 is 6.09 Å². The first-order chi connectivity index (χ1) is 17.4. The fourth-order valence-electron chi connectivity index (χ4n) is 4.02. The number of rotatable bonds is 6. The number of nitrogens with zero attached hydrogens (tertiary/aromatic N) is 4. The van der Waals surface area contributed by atoms with Crippen LogP contribution < -0.4 is 10.6 Å². The number of alkyl halides is 1. The Labute approximate surface area is 214 Å². The van der Waals surface area contributed by atoms with Crippen molar-refractivity contribution in [1.29, 1.82) is 0 Å². The van der Waals surface area contributed by atoms with Crippen LogP contribution in [0.15, 0.2) is 42.7 Å². The van der Waals surface area contributed by atoms with Crippen molar-refractivity contribution < 1.29 is 18.7 Å². The topological polar surface area (TPSA) is 111 Å². The third-order valence-corrected chi connectivity index (χ3v) is 6.63. The number of thiazole rings is 1. The highest BCUT2D eigenvalue weighted by Crippen LogP contribution is 2.44. The Hall–Kier alpha value is -3.83. The normalized spacial score (nSPS) is 12.0. The van der Waals surface area contributed by atoms with Gasteiger partial charge in [-0.05, 0) is 43.2 Å². The Morgan fingerprint density at radius 2 is 2.11 bits per heavy atom. The minimum atomic E-state index is -0.724. The molecule has 12 heteroatoms. The molecule has 2 amide bonds. The summed E-state index contributed by atoms with van der Waals surface area (Å²) in [6.07, 6.45) is 3.97. The van der Waals surface area contributed by atoms with Crippen molar-refractivity contribution in [3.63, 3.8) is 0 Å². The molecule has 2 N–H and O–H groups in total. The molecule has 0 radical (unpaired) electrons. The van der Waals surface area contributed by atoms with Gasteiger partial charge in [-0.3, -0.25) is 15.1 Å². The molecule has 0 spiro atoms. The molecule has 3 heterocycles. The van der Waals surface area contributed by atoms with Gasteiger partial charge in [0.1, 0.15) is 12.3 Å². The van der Waals surface area contributed by atoms with E-state index in [9.17, 15) is 9.59 Å². The van der Waals surface area contributed by atoms with Gasteiger partial charge in [-0.1, -0.05) is 11.3 Å². The molecule has 9 nitrogen and oxygen atoms in total. The zero-order chi connectivity index (χ0) is 25.2. The molecule has 0 atom stereocenters. The monoisotopic (exact) mass is 526 g/mol. The second-order valence-electron chi connectivity index (χ2n) is 7.92. The van der Waals surface area contributed by atoms with Crippen LogP contribution in [0.4, 0.5) is 20.0 Å². The van der Waals surface area contributed by atoms with Gasteiger partial charge < -0.3 is 10.1 Å². The number of carbonyl (C=O) groups excluding carboxylic acids is 2.